The molecule has 104 valence electrons. The molecule has 0 saturated carbocycles. The smallest absolute Gasteiger partial charge is 0.328 e. The van der Waals surface area contributed by atoms with Crippen LogP contribution in [0.4, 0.5) is 4.79 Å². The Balaban J connectivity index is 4.10. The fourth-order valence-corrected chi connectivity index (χ4v) is 1.24. The van der Waals surface area contributed by atoms with Gasteiger partial charge in [0.2, 0.25) is 5.91 Å². The number of hydrogen-bond acceptors (Lipinski definition) is 4. The van der Waals surface area contributed by atoms with E-state index in [9.17, 15) is 14.4 Å². The van der Waals surface area contributed by atoms with Crippen molar-refractivity contribution in [2.45, 2.75) is 19.9 Å². The number of hydrogen-bond donors (Lipinski definition) is 4. The molecule has 18 heavy (non-hydrogen) atoms. The van der Waals surface area contributed by atoms with Gasteiger partial charge in [0.1, 0.15) is 0 Å². The van der Waals surface area contributed by atoms with Crippen molar-refractivity contribution in [2.24, 2.45) is 0 Å². The molecule has 0 heterocycles. The van der Waals surface area contributed by atoms with Crippen molar-refractivity contribution in [3.8, 4) is 0 Å². The number of carboxylic acids is 1. The number of nitrogens with one attached hydrogen (secondary N) is 2. The van der Waals surface area contributed by atoms with E-state index in [0.717, 1.165) is 0 Å². The molecule has 0 spiro atoms. The van der Waals surface area contributed by atoms with Gasteiger partial charge in [-0.3, -0.25) is 4.79 Å². The van der Waals surface area contributed by atoms with E-state index in [0.29, 0.717) is 13.1 Å². The number of nitrogens with zero attached hydrogens (tertiary/aromatic N) is 1. The van der Waals surface area contributed by atoms with Crippen molar-refractivity contribution in [3.05, 3.63) is 0 Å². The van der Waals surface area contributed by atoms with Crippen LogP contribution in [0.3, 0.4) is 0 Å². The zero-order valence-corrected chi connectivity index (χ0v) is 10.5. The van der Waals surface area contributed by atoms with Gasteiger partial charge in [-0.2, -0.15) is 0 Å². The summed E-state index contributed by atoms with van der Waals surface area (Å²) in [6.07, 6.45) is 0. The molecule has 0 aromatic heterocycles. The molecular weight excluding hydrogens is 242 g/mol. The van der Waals surface area contributed by atoms with Gasteiger partial charge in [-0.05, 0) is 13.8 Å². The van der Waals surface area contributed by atoms with Crippen LogP contribution < -0.4 is 10.6 Å². The van der Waals surface area contributed by atoms with Gasteiger partial charge >= 0.3 is 12.0 Å². The molecule has 1 unspecified atom stereocenters. The Morgan fingerprint density at radius 1 is 1.22 bits per heavy atom. The Hall–Kier alpha value is -1.83. The number of urea groups is 1. The topological polar surface area (TPSA) is 119 Å². The van der Waals surface area contributed by atoms with Crippen LogP contribution >= 0.6 is 0 Å². The van der Waals surface area contributed by atoms with Crippen LogP contribution in [0.25, 0.3) is 0 Å². The summed E-state index contributed by atoms with van der Waals surface area (Å²) in [5.41, 5.74) is 0. The summed E-state index contributed by atoms with van der Waals surface area (Å²) in [6.45, 7) is 3.76. The highest BCUT2D eigenvalue weighted by Crippen LogP contribution is 1.88. The first-order chi connectivity index (χ1) is 8.46. The third kappa shape index (κ3) is 5.48. The van der Waals surface area contributed by atoms with Gasteiger partial charge in [0.05, 0.1) is 13.2 Å². The molecule has 8 nitrogen and oxygen atoms in total. The van der Waals surface area contributed by atoms with E-state index >= 15 is 0 Å². The first-order valence-electron chi connectivity index (χ1n) is 5.62. The summed E-state index contributed by atoms with van der Waals surface area (Å²) >= 11 is 0. The Kier molecular flexibility index (Phi) is 7.45. The zero-order chi connectivity index (χ0) is 14.1. The first kappa shape index (κ1) is 16.2. The maximum atomic E-state index is 11.5. The predicted octanol–water partition coefficient (Wildman–Crippen LogP) is -1.40. The van der Waals surface area contributed by atoms with Gasteiger partial charge in [-0.25, -0.2) is 9.59 Å². The molecule has 0 fully saturated rings. The second-order valence-electron chi connectivity index (χ2n) is 3.47. The van der Waals surface area contributed by atoms with Crippen molar-refractivity contribution in [3.63, 3.8) is 0 Å². The molecule has 4 N–H and O–H groups in total. The maximum Gasteiger partial charge on any atom is 0.328 e. The van der Waals surface area contributed by atoms with E-state index < -0.39 is 24.6 Å². The summed E-state index contributed by atoms with van der Waals surface area (Å²) in [4.78, 5) is 34.8. The van der Waals surface area contributed by atoms with Crippen molar-refractivity contribution in [1.29, 1.82) is 0 Å². The molecule has 1 atom stereocenters. The second kappa shape index (κ2) is 8.29. The lowest BCUT2D eigenvalue weighted by atomic mass is 10.3. The number of aliphatic hydroxyl groups is 1. The summed E-state index contributed by atoms with van der Waals surface area (Å²) in [6, 6.07) is -2.19. The minimum atomic E-state index is -1.38. The number of aliphatic carboxylic acids is 1. The SMILES string of the molecule is CCN(CC)C(=O)CNC(=O)NC(CO)C(=O)O. The summed E-state index contributed by atoms with van der Waals surface area (Å²) in [5, 5.41) is 21.5. The molecule has 0 rings (SSSR count). The molecule has 8 heteroatoms. The highest BCUT2D eigenvalue weighted by Gasteiger charge is 2.19. The van der Waals surface area contributed by atoms with Crippen LogP contribution in [0.5, 0.6) is 0 Å². The number of likely N-dealkylation sites (N-methyl/N-ethyl adjacent to an activating group) is 1. The van der Waals surface area contributed by atoms with Crippen molar-refractivity contribution < 1.29 is 24.6 Å². The van der Waals surface area contributed by atoms with E-state index in [1.54, 1.807) is 0 Å². The van der Waals surface area contributed by atoms with E-state index in [1.165, 1.54) is 4.90 Å². The predicted molar refractivity (Wildman–Crippen MR) is 63.0 cm³/mol. The average molecular weight is 261 g/mol. The Bertz CT molecular complexity index is 304. The largest absolute Gasteiger partial charge is 0.480 e. The van der Waals surface area contributed by atoms with Crippen LogP contribution in [0.15, 0.2) is 0 Å². The van der Waals surface area contributed by atoms with Gasteiger partial charge in [-0.1, -0.05) is 0 Å². The fourth-order valence-electron chi connectivity index (χ4n) is 1.24. The van der Waals surface area contributed by atoms with E-state index in [1.807, 2.05) is 19.2 Å². The normalized spacial score (nSPS) is 11.5. The molecule has 0 aliphatic heterocycles. The van der Waals surface area contributed by atoms with Gasteiger partial charge in [0.25, 0.3) is 0 Å². The van der Waals surface area contributed by atoms with Crippen molar-refractivity contribution >= 4 is 17.9 Å². The van der Waals surface area contributed by atoms with Gasteiger partial charge in [-0.15, -0.1) is 0 Å². The molecule has 0 aliphatic carbocycles. The minimum absolute atomic E-state index is 0.217. The fraction of sp³-hybridized carbons (Fsp3) is 0.700. The van der Waals surface area contributed by atoms with Crippen LogP contribution in [0.2, 0.25) is 0 Å². The summed E-state index contributed by atoms with van der Waals surface area (Å²) in [7, 11) is 0. The second-order valence-corrected chi connectivity index (χ2v) is 3.47. The third-order valence-electron chi connectivity index (χ3n) is 2.30. The molecule has 0 aromatic rings. The number of carbonyl (C=O) groups is 3. The summed E-state index contributed by atoms with van der Waals surface area (Å²) < 4.78 is 0. The number of carboxylic acid groups (broad SMARTS) is 1. The van der Waals surface area contributed by atoms with Crippen molar-refractivity contribution in [1.82, 2.24) is 15.5 Å². The Morgan fingerprint density at radius 2 is 1.78 bits per heavy atom. The van der Waals surface area contributed by atoms with Gasteiger partial charge < -0.3 is 25.7 Å². The number of amides is 3. The van der Waals surface area contributed by atoms with E-state index in [-0.39, 0.29) is 12.5 Å². The molecule has 0 radical (unpaired) electrons. The van der Waals surface area contributed by atoms with Crippen LogP contribution in [-0.4, -0.2) is 65.3 Å². The van der Waals surface area contributed by atoms with Crippen LogP contribution in [0.1, 0.15) is 13.8 Å². The van der Waals surface area contributed by atoms with Gasteiger partial charge in [0.15, 0.2) is 6.04 Å². The molecule has 0 bridgehead atoms. The number of carbonyl (C=O) groups excluding carboxylic acids is 2. The highest BCUT2D eigenvalue weighted by atomic mass is 16.4. The summed E-state index contributed by atoms with van der Waals surface area (Å²) in [5.74, 6) is -1.60. The van der Waals surface area contributed by atoms with Gasteiger partial charge in [0, 0.05) is 13.1 Å². The van der Waals surface area contributed by atoms with Crippen molar-refractivity contribution in [2.75, 3.05) is 26.2 Å². The monoisotopic (exact) mass is 261 g/mol. The van der Waals surface area contributed by atoms with E-state index in [4.69, 9.17) is 10.2 Å². The lowest BCUT2D eigenvalue weighted by Gasteiger charge is -2.19. The molecule has 0 saturated heterocycles. The standard InChI is InChI=1S/C10H19N3O5/c1-3-13(4-2)8(15)5-11-10(18)12-7(6-14)9(16)17/h7,14H,3-6H2,1-2H3,(H,16,17)(H2,11,12,18). The molecule has 0 aromatic carbocycles. The van der Waals surface area contributed by atoms with Crippen LogP contribution in [-0.2, 0) is 9.59 Å². The quantitative estimate of drug-likeness (QED) is 0.449. The Morgan fingerprint density at radius 3 is 2.17 bits per heavy atom. The Labute approximate surface area is 105 Å². The van der Waals surface area contributed by atoms with Crippen LogP contribution in [0, 0.1) is 0 Å². The maximum absolute atomic E-state index is 11.5. The molecule has 3 amide bonds. The lowest BCUT2D eigenvalue weighted by Crippen LogP contribution is -2.50. The number of rotatable bonds is 7. The lowest BCUT2D eigenvalue weighted by molar-refractivity contribution is -0.140. The minimum Gasteiger partial charge on any atom is -0.480 e. The zero-order valence-electron chi connectivity index (χ0n) is 10.5. The van der Waals surface area contributed by atoms with E-state index in [2.05, 4.69) is 5.32 Å². The number of aliphatic hydroxyl groups excluding tert-OH is 1. The average Bonchev–Trinajstić information content (AvgIpc) is 2.34. The first-order valence-corrected chi connectivity index (χ1v) is 5.62. The highest BCUT2D eigenvalue weighted by molar-refractivity contribution is 5.86. The molecule has 0 aliphatic rings. The third-order valence-corrected chi connectivity index (χ3v) is 2.30. The molecular formula is C10H19N3O5.